The molecule has 0 aromatic heterocycles. The molecule has 1 heteroatoms. The van der Waals surface area contributed by atoms with E-state index in [-0.39, 0.29) is 6.10 Å². The highest BCUT2D eigenvalue weighted by atomic mass is 16.3. The van der Waals surface area contributed by atoms with Crippen LogP contribution in [0.4, 0.5) is 0 Å². The average molecular weight is 154 g/mol. The number of aliphatic hydroxyl groups excluding tert-OH is 1. The Bertz CT molecular complexity index is 138. The molecule has 1 nitrogen and oxygen atoms in total. The second-order valence-corrected chi connectivity index (χ2v) is 3.15. The molecule has 1 N–H and O–H groups in total. The summed E-state index contributed by atoms with van der Waals surface area (Å²) in [7, 11) is 0. The van der Waals surface area contributed by atoms with Gasteiger partial charge in [0.05, 0.1) is 6.10 Å². The van der Waals surface area contributed by atoms with Crippen molar-refractivity contribution in [2.75, 3.05) is 0 Å². The fourth-order valence-electron chi connectivity index (χ4n) is 0.785. The number of aliphatic hydroxyl groups is 1. The zero-order chi connectivity index (χ0) is 8.85. The second-order valence-electron chi connectivity index (χ2n) is 3.15. The molecule has 0 rings (SSSR count). The van der Waals surface area contributed by atoms with Crippen LogP contribution in [0.1, 0.15) is 26.7 Å². The summed E-state index contributed by atoms with van der Waals surface area (Å²) in [6.45, 7) is 11.3. The third kappa shape index (κ3) is 4.79. The van der Waals surface area contributed by atoms with Crippen molar-refractivity contribution in [2.45, 2.75) is 32.8 Å². The van der Waals surface area contributed by atoms with Gasteiger partial charge in [-0.3, -0.25) is 0 Å². The molecule has 0 radical (unpaired) electrons. The highest BCUT2D eigenvalue weighted by molar-refractivity contribution is 4.96. The zero-order valence-corrected chi connectivity index (χ0v) is 7.51. The zero-order valence-electron chi connectivity index (χ0n) is 7.51. The lowest BCUT2D eigenvalue weighted by atomic mass is 10.0. The number of hydrogen-bond acceptors (Lipinski definition) is 1. The molecule has 0 aliphatic carbocycles. The van der Waals surface area contributed by atoms with E-state index in [1.54, 1.807) is 0 Å². The van der Waals surface area contributed by atoms with Gasteiger partial charge >= 0.3 is 0 Å². The van der Waals surface area contributed by atoms with Crippen LogP contribution in [0.5, 0.6) is 0 Å². The third-order valence-electron chi connectivity index (χ3n) is 1.87. The van der Waals surface area contributed by atoms with Gasteiger partial charge in [0.2, 0.25) is 0 Å². The molecule has 0 saturated heterocycles. The van der Waals surface area contributed by atoms with E-state index in [0.717, 1.165) is 18.4 Å². The maximum atomic E-state index is 9.34. The van der Waals surface area contributed by atoms with E-state index in [4.69, 9.17) is 0 Å². The Morgan fingerprint density at radius 3 is 2.45 bits per heavy atom. The van der Waals surface area contributed by atoms with Crippen molar-refractivity contribution in [3.63, 3.8) is 0 Å². The van der Waals surface area contributed by atoms with Crippen LogP contribution in [0.25, 0.3) is 0 Å². The van der Waals surface area contributed by atoms with Crippen LogP contribution in [-0.4, -0.2) is 11.2 Å². The Kier molecular flexibility index (Phi) is 4.88. The summed E-state index contributed by atoms with van der Waals surface area (Å²) in [6.07, 6.45) is 3.35. The van der Waals surface area contributed by atoms with Crippen LogP contribution in [0, 0.1) is 5.92 Å². The monoisotopic (exact) mass is 154 g/mol. The molecule has 0 amide bonds. The lowest BCUT2D eigenvalue weighted by molar-refractivity contribution is 0.193. The van der Waals surface area contributed by atoms with Crippen LogP contribution >= 0.6 is 0 Å². The van der Waals surface area contributed by atoms with Crippen LogP contribution in [-0.2, 0) is 0 Å². The van der Waals surface area contributed by atoms with E-state index in [0.29, 0.717) is 5.92 Å². The SMILES string of the molecule is C=CC(C)CCC(O)C(=C)C. The molecular weight excluding hydrogens is 136 g/mol. The van der Waals surface area contributed by atoms with Gasteiger partial charge in [-0.05, 0) is 25.7 Å². The Morgan fingerprint density at radius 1 is 1.55 bits per heavy atom. The average Bonchev–Trinajstić information content (AvgIpc) is 1.99. The van der Waals surface area contributed by atoms with E-state index in [9.17, 15) is 5.11 Å². The first kappa shape index (κ1) is 10.4. The van der Waals surface area contributed by atoms with Crippen molar-refractivity contribution >= 4 is 0 Å². The van der Waals surface area contributed by atoms with E-state index in [1.807, 2.05) is 13.0 Å². The van der Waals surface area contributed by atoms with Gasteiger partial charge in [0, 0.05) is 0 Å². The van der Waals surface area contributed by atoms with Crippen molar-refractivity contribution in [3.05, 3.63) is 24.8 Å². The lowest BCUT2D eigenvalue weighted by Gasteiger charge is -2.11. The van der Waals surface area contributed by atoms with Gasteiger partial charge in [-0.25, -0.2) is 0 Å². The Hall–Kier alpha value is -0.560. The predicted octanol–water partition coefficient (Wildman–Crippen LogP) is 2.53. The first-order valence-corrected chi connectivity index (χ1v) is 4.04. The predicted molar refractivity (Wildman–Crippen MR) is 49.4 cm³/mol. The van der Waals surface area contributed by atoms with Gasteiger partial charge in [0.15, 0.2) is 0 Å². The van der Waals surface area contributed by atoms with Crippen LogP contribution in [0.2, 0.25) is 0 Å². The molecule has 0 fully saturated rings. The van der Waals surface area contributed by atoms with Crippen LogP contribution in [0.15, 0.2) is 24.8 Å². The summed E-state index contributed by atoms with van der Waals surface area (Å²) in [5.74, 6) is 0.490. The summed E-state index contributed by atoms with van der Waals surface area (Å²) < 4.78 is 0. The van der Waals surface area contributed by atoms with E-state index >= 15 is 0 Å². The Morgan fingerprint density at radius 2 is 2.09 bits per heavy atom. The molecule has 0 aliphatic heterocycles. The molecule has 0 bridgehead atoms. The number of allylic oxidation sites excluding steroid dienone is 1. The third-order valence-corrected chi connectivity index (χ3v) is 1.87. The molecule has 0 aromatic rings. The second kappa shape index (κ2) is 5.14. The maximum absolute atomic E-state index is 9.34. The van der Waals surface area contributed by atoms with Gasteiger partial charge in [-0.1, -0.05) is 25.2 Å². The largest absolute Gasteiger partial charge is 0.389 e. The minimum Gasteiger partial charge on any atom is -0.389 e. The Labute approximate surface area is 69.4 Å². The van der Waals surface area contributed by atoms with Crippen molar-refractivity contribution < 1.29 is 5.11 Å². The highest BCUT2D eigenvalue weighted by Crippen LogP contribution is 2.12. The molecule has 0 aliphatic rings. The van der Waals surface area contributed by atoms with Gasteiger partial charge in [0.1, 0.15) is 0 Å². The lowest BCUT2D eigenvalue weighted by Crippen LogP contribution is -2.08. The van der Waals surface area contributed by atoms with Gasteiger partial charge in [-0.2, -0.15) is 0 Å². The van der Waals surface area contributed by atoms with E-state index in [2.05, 4.69) is 20.1 Å². The maximum Gasteiger partial charge on any atom is 0.0745 e. The van der Waals surface area contributed by atoms with Crippen LogP contribution < -0.4 is 0 Å². The smallest absolute Gasteiger partial charge is 0.0745 e. The van der Waals surface area contributed by atoms with Crippen molar-refractivity contribution in [1.82, 2.24) is 0 Å². The molecule has 0 saturated carbocycles. The van der Waals surface area contributed by atoms with Gasteiger partial charge in [-0.15, -0.1) is 6.58 Å². The summed E-state index contributed by atoms with van der Waals surface area (Å²) >= 11 is 0. The van der Waals surface area contributed by atoms with E-state index in [1.165, 1.54) is 0 Å². The normalized spacial score (nSPS) is 15.5. The fourth-order valence-corrected chi connectivity index (χ4v) is 0.785. The van der Waals surface area contributed by atoms with Crippen molar-refractivity contribution in [3.8, 4) is 0 Å². The molecule has 2 atom stereocenters. The Balaban J connectivity index is 3.53. The first-order valence-electron chi connectivity index (χ1n) is 4.04. The topological polar surface area (TPSA) is 20.2 Å². The molecule has 2 unspecified atom stereocenters. The summed E-state index contributed by atoms with van der Waals surface area (Å²) in [5, 5.41) is 9.34. The van der Waals surface area contributed by atoms with Crippen molar-refractivity contribution in [2.24, 2.45) is 5.92 Å². The highest BCUT2D eigenvalue weighted by Gasteiger charge is 2.05. The van der Waals surface area contributed by atoms with Gasteiger partial charge < -0.3 is 5.11 Å². The fraction of sp³-hybridized carbons (Fsp3) is 0.600. The van der Waals surface area contributed by atoms with Crippen molar-refractivity contribution in [1.29, 1.82) is 0 Å². The number of hydrogen-bond donors (Lipinski definition) is 1. The van der Waals surface area contributed by atoms with E-state index < -0.39 is 0 Å². The molecule has 0 spiro atoms. The molecule has 0 heterocycles. The molecule has 11 heavy (non-hydrogen) atoms. The van der Waals surface area contributed by atoms with Gasteiger partial charge in [0.25, 0.3) is 0 Å². The molecular formula is C10H18O. The standard InChI is InChI=1S/C10H18O/c1-5-9(4)6-7-10(11)8(2)3/h5,9-11H,1-2,6-7H2,3-4H3. The summed E-state index contributed by atoms with van der Waals surface area (Å²) in [4.78, 5) is 0. The number of rotatable bonds is 5. The molecule has 64 valence electrons. The summed E-state index contributed by atoms with van der Waals surface area (Å²) in [6, 6.07) is 0. The first-order chi connectivity index (χ1) is 5.07. The van der Waals surface area contributed by atoms with Crippen LogP contribution in [0.3, 0.4) is 0 Å². The quantitative estimate of drug-likeness (QED) is 0.603. The minimum absolute atomic E-state index is 0.336. The summed E-state index contributed by atoms with van der Waals surface area (Å²) in [5.41, 5.74) is 0.848. The minimum atomic E-state index is -0.336. The molecule has 0 aromatic carbocycles.